The molecule has 0 radical (unpaired) electrons. The Labute approximate surface area is 244 Å². The minimum Gasteiger partial charge on any atom is -0.497 e. The summed E-state index contributed by atoms with van der Waals surface area (Å²) in [6.45, 7) is 11.0. The van der Waals surface area contributed by atoms with Gasteiger partial charge in [-0.25, -0.2) is 0 Å². The van der Waals surface area contributed by atoms with Gasteiger partial charge in [0.15, 0.2) is 11.5 Å². The van der Waals surface area contributed by atoms with Crippen LogP contribution >= 0.6 is 0 Å². The molecule has 1 atom stereocenters. The number of aryl methyl sites for hydroxylation is 1. The molecule has 0 aliphatic heterocycles. The number of ether oxygens (including phenoxy) is 3. The molecule has 3 aromatic rings. The van der Waals surface area contributed by atoms with E-state index in [0.717, 1.165) is 16.7 Å². The van der Waals surface area contributed by atoms with Crippen LogP contribution in [0.1, 0.15) is 57.7 Å². The first-order valence-electron chi connectivity index (χ1n) is 14.3. The zero-order valence-electron chi connectivity index (χ0n) is 25.2. The monoisotopic (exact) mass is 560 g/mol. The average molecular weight is 561 g/mol. The Morgan fingerprint density at radius 3 is 2.17 bits per heavy atom. The molecular formula is C34H44N2O5. The number of rotatable bonds is 14. The van der Waals surface area contributed by atoms with Gasteiger partial charge in [0, 0.05) is 24.9 Å². The fourth-order valence-corrected chi connectivity index (χ4v) is 4.62. The predicted octanol–water partition coefficient (Wildman–Crippen LogP) is 5.98. The topological polar surface area (TPSA) is 77.1 Å². The molecule has 1 N–H and O–H groups in total. The number of nitrogens with one attached hydrogen (secondary N) is 1. The maximum Gasteiger partial charge on any atom is 0.243 e. The summed E-state index contributed by atoms with van der Waals surface area (Å²) >= 11 is 0. The van der Waals surface area contributed by atoms with Gasteiger partial charge in [-0.3, -0.25) is 9.59 Å². The van der Waals surface area contributed by atoms with Crippen molar-refractivity contribution >= 4 is 11.8 Å². The number of amides is 2. The zero-order chi connectivity index (χ0) is 29.8. The quantitative estimate of drug-likeness (QED) is 0.263. The van der Waals surface area contributed by atoms with Gasteiger partial charge in [-0.2, -0.15) is 0 Å². The van der Waals surface area contributed by atoms with Crippen LogP contribution in [-0.4, -0.2) is 48.6 Å². The number of carbonyl (C=O) groups excluding carboxylic acids is 2. The molecular weight excluding hydrogens is 516 g/mol. The largest absolute Gasteiger partial charge is 0.497 e. The maximum atomic E-state index is 14.0. The SMILES string of the molecule is CCOc1ccc(CCC(=O)N(Cc2cccc(OC)c2)[C@H](Cc2ccccc2)C(=O)NC(C)(C)C)cc1OCC. The Morgan fingerprint density at radius 2 is 1.51 bits per heavy atom. The van der Waals surface area contributed by atoms with Crippen molar-refractivity contribution in [2.45, 2.75) is 72.0 Å². The highest BCUT2D eigenvalue weighted by atomic mass is 16.5. The van der Waals surface area contributed by atoms with E-state index in [1.807, 2.05) is 107 Å². The standard InChI is InChI=1S/C34H44N2O5/c1-7-40-30-19-17-26(23-31(30)41-8-2)18-20-32(37)36(24-27-15-12-16-28(21-27)39-6)29(33(38)35-34(3,4)5)22-25-13-10-9-11-14-25/h9-17,19,21,23,29H,7-8,18,20,22,24H2,1-6H3,(H,35,38)/t29-/m1/s1. The molecule has 0 spiro atoms. The Bertz CT molecular complexity index is 1270. The molecule has 0 aromatic heterocycles. The maximum absolute atomic E-state index is 14.0. The van der Waals surface area contributed by atoms with Gasteiger partial charge in [0.1, 0.15) is 11.8 Å². The number of methoxy groups -OCH3 is 1. The molecule has 2 amide bonds. The molecule has 7 nitrogen and oxygen atoms in total. The normalized spacial score (nSPS) is 11.9. The number of carbonyl (C=O) groups is 2. The third kappa shape index (κ3) is 9.85. The lowest BCUT2D eigenvalue weighted by atomic mass is 9.99. The summed E-state index contributed by atoms with van der Waals surface area (Å²) in [5.74, 6) is 1.76. The fraction of sp³-hybridized carbons (Fsp3) is 0.412. The molecule has 0 aliphatic carbocycles. The van der Waals surface area contributed by atoms with Crippen LogP contribution in [0.5, 0.6) is 17.2 Å². The first-order chi connectivity index (χ1) is 19.6. The fourth-order valence-electron chi connectivity index (χ4n) is 4.62. The molecule has 0 bridgehead atoms. The van der Waals surface area contributed by atoms with Crippen molar-refractivity contribution in [1.82, 2.24) is 10.2 Å². The number of benzene rings is 3. The summed E-state index contributed by atoms with van der Waals surface area (Å²) in [6, 6.07) is 22.5. The van der Waals surface area contributed by atoms with Crippen LogP contribution in [0.15, 0.2) is 72.8 Å². The molecule has 3 rings (SSSR count). The lowest BCUT2D eigenvalue weighted by Crippen LogP contribution is -2.54. The summed E-state index contributed by atoms with van der Waals surface area (Å²) < 4.78 is 16.9. The molecule has 41 heavy (non-hydrogen) atoms. The minimum absolute atomic E-state index is 0.107. The van der Waals surface area contributed by atoms with Crippen LogP contribution in [0.4, 0.5) is 0 Å². The van der Waals surface area contributed by atoms with Crippen LogP contribution in [0.3, 0.4) is 0 Å². The van der Waals surface area contributed by atoms with E-state index in [2.05, 4.69) is 5.32 Å². The van der Waals surface area contributed by atoms with Crippen molar-refractivity contribution < 1.29 is 23.8 Å². The summed E-state index contributed by atoms with van der Waals surface area (Å²) in [4.78, 5) is 29.5. The summed E-state index contributed by atoms with van der Waals surface area (Å²) in [5, 5.41) is 3.11. The molecule has 0 saturated carbocycles. The van der Waals surface area contributed by atoms with Crippen LogP contribution in [0.25, 0.3) is 0 Å². The van der Waals surface area contributed by atoms with Crippen molar-refractivity contribution in [1.29, 1.82) is 0 Å². The molecule has 0 fully saturated rings. The third-order valence-corrected chi connectivity index (χ3v) is 6.49. The van der Waals surface area contributed by atoms with E-state index in [-0.39, 0.29) is 24.8 Å². The number of hydrogen-bond acceptors (Lipinski definition) is 5. The van der Waals surface area contributed by atoms with Gasteiger partial charge in [0.2, 0.25) is 11.8 Å². The van der Waals surface area contributed by atoms with Crippen LogP contribution < -0.4 is 19.5 Å². The second-order valence-corrected chi connectivity index (χ2v) is 11.0. The van der Waals surface area contributed by atoms with Crippen molar-refractivity contribution in [3.05, 3.63) is 89.5 Å². The van der Waals surface area contributed by atoms with Gasteiger partial charge in [0.25, 0.3) is 0 Å². The first-order valence-corrected chi connectivity index (χ1v) is 14.3. The van der Waals surface area contributed by atoms with Crippen LogP contribution in [-0.2, 0) is 29.0 Å². The Morgan fingerprint density at radius 1 is 0.829 bits per heavy atom. The molecule has 0 heterocycles. The van der Waals surface area contributed by atoms with E-state index in [9.17, 15) is 9.59 Å². The second-order valence-electron chi connectivity index (χ2n) is 11.0. The van der Waals surface area contributed by atoms with Crippen molar-refractivity contribution in [2.75, 3.05) is 20.3 Å². The minimum atomic E-state index is -0.699. The first kappa shape index (κ1) is 31.5. The second kappa shape index (κ2) is 15.1. The van der Waals surface area contributed by atoms with E-state index in [4.69, 9.17) is 14.2 Å². The summed E-state index contributed by atoms with van der Waals surface area (Å²) in [5.41, 5.74) is 2.39. The smallest absolute Gasteiger partial charge is 0.243 e. The molecule has 0 aliphatic rings. The van der Waals surface area contributed by atoms with Crippen LogP contribution in [0, 0.1) is 0 Å². The Balaban J connectivity index is 1.93. The van der Waals surface area contributed by atoms with E-state index < -0.39 is 11.6 Å². The van der Waals surface area contributed by atoms with Gasteiger partial charge in [0.05, 0.1) is 20.3 Å². The van der Waals surface area contributed by atoms with Gasteiger partial charge >= 0.3 is 0 Å². The number of nitrogens with zero attached hydrogens (tertiary/aromatic N) is 1. The van der Waals surface area contributed by atoms with Gasteiger partial charge < -0.3 is 24.4 Å². The van der Waals surface area contributed by atoms with Crippen molar-refractivity contribution in [2.24, 2.45) is 0 Å². The molecule has 0 saturated heterocycles. The lowest BCUT2D eigenvalue weighted by molar-refractivity contribution is -0.141. The van der Waals surface area contributed by atoms with E-state index in [0.29, 0.717) is 43.3 Å². The Kier molecular flexibility index (Phi) is 11.6. The molecule has 3 aromatic carbocycles. The van der Waals surface area contributed by atoms with Crippen molar-refractivity contribution in [3.63, 3.8) is 0 Å². The lowest BCUT2D eigenvalue weighted by Gasteiger charge is -2.34. The van der Waals surface area contributed by atoms with Gasteiger partial charge in [-0.1, -0.05) is 48.5 Å². The third-order valence-electron chi connectivity index (χ3n) is 6.49. The van der Waals surface area contributed by atoms with E-state index in [1.54, 1.807) is 12.0 Å². The van der Waals surface area contributed by atoms with Crippen molar-refractivity contribution in [3.8, 4) is 17.2 Å². The zero-order valence-corrected chi connectivity index (χ0v) is 25.2. The van der Waals surface area contributed by atoms with Crippen LogP contribution in [0.2, 0.25) is 0 Å². The molecule has 0 unspecified atom stereocenters. The predicted molar refractivity (Wildman–Crippen MR) is 162 cm³/mol. The average Bonchev–Trinajstić information content (AvgIpc) is 2.94. The highest BCUT2D eigenvalue weighted by molar-refractivity contribution is 5.88. The summed E-state index contributed by atoms with van der Waals surface area (Å²) in [7, 11) is 1.62. The summed E-state index contributed by atoms with van der Waals surface area (Å²) in [6.07, 6.45) is 1.13. The Hall–Kier alpha value is -4.00. The van der Waals surface area contributed by atoms with E-state index in [1.165, 1.54) is 0 Å². The molecule has 7 heteroatoms. The highest BCUT2D eigenvalue weighted by Gasteiger charge is 2.32. The number of hydrogen-bond donors (Lipinski definition) is 1. The van der Waals surface area contributed by atoms with Gasteiger partial charge in [-0.15, -0.1) is 0 Å². The highest BCUT2D eigenvalue weighted by Crippen LogP contribution is 2.29. The molecule has 220 valence electrons. The van der Waals surface area contributed by atoms with E-state index >= 15 is 0 Å². The van der Waals surface area contributed by atoms with Gasteiger partial charge in [-0.05, 0) is 82.0 Å².